The van der Waals surface area contributed by atoms with E-state index in [0.717, 1.165) is 12.8 Å². The minimum atomic E-state index is -0.518. The molecule has 1 aromatic rings. The molecule has 1 N–H and O–H groups in total. The van der Waals surface area contributed by atoms with Gasteiger partial charge in [-0.15, -0.1) is 71.9 Å². The summed E-state index contributed by atoms with van der Waals surface area (Å²) in [5, 5.41) is 1.35. The fourth-order valence-electron chi connectivity index (χ4n) is 1.94. The van der Waals surface area contributed by atoms with E-state index in [4.69, 9.17) is 0 Å². The molecule has 2 rings (SSSR count). The third kappa shape index (κ3) is 7.06. The van der Waals surface area contributed by atoms with Gasteiger partial charge in [-0.3, -0.25) is 15.0 Å². The van der Waals surface area contributed by atoms with Gasteiger partial charge in [-0.25, -0.2) is 5.01 Å². The van der Waals surface area contributed by atoms with Crippen LogP contribution < -0.4 is 10.4 Å². The number of nitrogens with zero attached hydrogens (tertiary/aromatic N) is 1. The molecule has 0 aromatic heterocycles. The second kappa shape index (κ2) is 13.6. The Morgan fingerprint density at radius 3 is 2.19 bits per heavy atom. The summed E-state index contributed by atoms with van der Waals surface area (Å²) in [4.78, 5) is 23.8. The second-order valence-corrected chi connectivity index (χ2v) is 4.18. The first kappa shape index (κ1) is 27.0. The standard InChI is InChI=1S/C13H16N2O2.3HI.Sn.2H/c1-2-3-9-11-12(16)14-15(13(11)17)10-7-5-4-6-8-10;;;;;;/h4-8,11H,2-3,9H2,1H3,(H,14,16);3*1H;;;. The summed E-state index contributed by atoms with van der Waals surface area (Å²) < 4.78 is 0. The molecular weight excluding hydrogens is 716 g/mol. The number of hydrazine groups is 1. The predicted molar refractivity (Wildman–Crippen MR) is 120 cm³/mol. The maximum atomic E-state index is 12.1. The Morgan fingerprint density at radius 1 is 1.10 bits per heavy atom. The topological polar surface area (TPSA) is 49.4 Å². The fraction of sp³-hybridized carbons (Fsp3) is 0.385. The summed E-state index contributed by atoms with van der Waals surface area (Å²) in [6.07, 6.45) is 2.51. The third-order valence-electron chi connectivity index (χ3n) is 2.92. The van der Waals surface area contributed by atoms with E-state index in [0.29, 0.717) is 12.1 Å². The van der Waals surface area contributed by atoms with Crippen molar-refractivity contribution in [3.8, 4) is 0 Å². The van der Waals surface area contributed by atoms with Crippen molar-refractivity contribution in [3.05, 3.63) is 30.3 Å². The van der Waals surface area contributed by atoms with Crippen LogP contribution in [0, 0.1) is 5.92 Å². The number of rotatable bonds is 4. The summed E-state index contributed by atoms with van der Waals surface area (Å²) >= 11 is 0. The monoisotopic (exact) mass is 738 g/mol. The molecule has 1 fully saturated rings. The van der Waals surface area contributed by atoms with E-state index in [1.807, 2.05) is 25.1 Å². The number of carbonyl (C=O) groups excluding carboxylic acids is 2. The Kier molecular flexibility index (Phi) is 17.5. The number of nitrogens with one attached hydrogen (secondary N) is 1. The Bertz CT molecular complexity index is 435. The van der Waals surface area contributed by atoms with E-state index in [-0.39, 0.29) is 108 Å². The van der Waals surface area contributed by atoms with Gasteiger partial charge in [0.2, 0.25) is 0 Å². The number of anilines is 1. The number of halogens is 3. The SMILES string of the molecule is CCCCC1C(=O)NN(c2ccccc2)C1=O.I.I.I.[SnH2]. The third-order valence-corrected chi connectivity index (χ3v) is 2.92. The van der Waals surface area contributed by atoms with Crippen molar-refractivity contribution in [1.29, 1.82) is 0 Å². The molecule has 1 unspecified atom stereocenters. The summed E-state index contributed by atoms with van der Waals surface area (Å²) in [6.45, 7) is 2.05. The van der Waals surface area contributed by atoms with Gasteiger partial charge in [-0.05, 0) is 18.6 Å². The normalized spacial score (nSPS) is 15.9. The van der Waals surface area contributed by atoms with E-state index in [1.54, 1.807) is 12.1 Å². The Balaban J connectivity index is -0.000000810. The van der Waals surface area contributed by atoms with Crippen LogP contribution in [-0.4, -0.2) is 35.7 Å². The molecule has 120 valence electrons. The van der Waals surface area contributed by atoms with Crippen molar-refractivity contribution in [1.82, 2.24) is 5.43 Å². The molecule has 2 radical (unpaired) electrons. The second-order valence-electron chi connectivity index (χ2n) is 4.18. The van der Waals surface area contributed by atoms with Gasteiger partial charge in [0.05, 0.1) is 5.69 Å². The average molecular weight is 737 g/mol. The maximum absolute atomic E-state index is 12.1. The van der Waals surface area contributed by atoms with E-state index in [9.17, 15) is 9.59 Å². The first-order valence-corrected chi connectivity index (χ1v) is 5.93. The summed E-state index contributed by atoms with van der Waals surface area (Å²) in [6, 6.07) is 9.17. The molecule has 1 atom stereocenters. The number of unbranched alkanes of at least 4 members (excludes halogenated alkanes) is 1. The van der Waals surface area contributed by atoms with Gasteiger partial charge in [-0.1, -0.05) is 38.0 Å². The van der Waals surface area contributed by atoms with Crippen LogP contribution in [0.5, 0.6) is 0 Å². The Labute approximate surface area is 193 Å². The van der Waals surface area contributed by atoms with Crippen LogP contribution in [0.15, 0.2) is 30.3 Å². The quantitative estimate of drug-likeness (QED) is 0.294. The van der Waals surface area contributed by atoms with Crippen LogP contribution in [0.4, 0.5) is 5.69 Å². The molecular formula is C13H21I3N2O2Sn. The van der Waals surface area contributed by atoms with Crippen molar-refractivity contribution in [2.45, 2.75) is 26.2 Å². The molecule has 1 aliphatic rings. The van der Waals surface area contributed by atoms with Gasteiger partial charge in [0.25, 0.3) is 11.8 Å². The average Bonchev–Trinajstić information content (AvgIpc) is 2.64. The summed E-state index contributed by atoms with van der Waals surface area (Å²) in [5.74, 6) is -0.850. The molecule has 21 heavy (non-hydrogen) atoms. The molecule has 1 aliphatic heterocycles. The molecule has 0 saturated carbocycles. The van der Waals surface area contributed by atoms with Crippen molar-refractivity contribution in [2.24, 2.45) is 5.92 Å². The molecule has 0 aliphatic carbocycles. The van der Waals surface area contributed by atoms with Crippen LogP contribution in [-0.2, 0) is 9.59 Å². The summed E-state index contributed by atoms with van der Waals surface area (Å²) in [5.41, 5.74) is 3.34. The molecule has 0 bridgehead atoms. The Morgan fingerprint density at radius 2 is 1.67 bits per heavy atom. The van der Waals surface area contributed by atoms with Crippen LogP contribution in [0.2, 0.25) is 0 Å². The van der Waals surface area contributed by atoms with Crippen molar-refractivity contribution in [3.63, 3.8) is 0 Å². The summed E-state index contributed by atoms with van der Waals surface area (Å²) in [7, 11) is 0. The number of carbonyl (C=O) groups is 2. The molecule has 0 spiro atoms. The van der Waals surface area contributed by atoms with Crippen LogP contribution in [0.3, 0.4) is 0 Å². The molecule has 1 saturated heterocycles. The minimum absolute atomic E-state index is 0. The van der Waals surface area contributed by atoms with Gasteiger partial charge in [0.1, 0.15) is 5.92 Å². The molecule has 1 heterocycles. The van der Waals surface area contributed by atoms with Crippen molar-refractivity contribution < 1.29 is 9.59 Å². The van der Waals surface area contributed by atoms with Gasteiger partial charge in [0.15, 0.2) is 0 Å². The zero-order chi connectivity index (χ0) is 12.3. The number of hydrogen-bond acceptors (Lipinski definition) is 2. The van der Waals surface area contributed by atoms with E-state index in [1.165, 1.54) is 5.01 Å². The van der Waals surface area contributed by atoms with Gasteiger partial charge < -0.3 is 0 Å². The predicted octanol–water partition coefficient (Wildman–Crippen LogP) is 2.81. The van der Waals surface area contributed by atoms with Gasteiger partial charge in [-0.2, -0.15) is 0 Å². The van der Waals surface area contributed by atoms with Crippen LogP contribution in [0.25, 0.3) is 0 Å². The van der Waals surface area contributed by atoms with E-state index >= 15 is 0 Å². The van der Waals surface area contributed by atoms with E-state index in [2.05, 4.69) is 5.43 Å². The number of para-hydroxylation sites is 1. The van der Waals surface area contributed by atoms with Gasteiger partial charge >= 0.3 is 23.9 Å². The molecule has 8 heteroatoms. The van der Waals surface area contributed by atoms with E-state index < -0.39 is 5.92 Å². The number of hydrogen-bond donors (Lipinski definition) is 1. The fourth-order valence-corrected chi connectivity index (χ4v) is 1.94. The number of amides is 2. The van der Waals surface area contributed by atoms with Crippen molar-refractivity contribution >= 4 is 113 Å². The van der Waals surface area contributed by atoms with Gasteiger partial charge in [0, 0.05) is 0 Å². The zero-order valence-electron chi connectivity index (χ0n) is 11.8. The van der Waals surface area contributed by atoms with Crippen LogP contribution >= 0.6 is 71.9 Å². The molecule has 4 nitrogen and oxygen atoms in total. The zero-order valence-corrected chi connectivity index (χ0v) is 22.8. The van der Waals surface area contributed by atoms with Crippen LogP contribution in [0.1, 0.15) is 26.2 Å². The molecule has 1 aromatic carbocycles. The first-order chi connectivity index (χ1) is 8.24. The van der Waals surface area contributed by atoms with Crippen molar-refractivity contribution in [2.75, 3.05) is 5.01 Å². The molecule has 2 amide bonds. The number of benzene rings is 1. The first-order valence-electron chi connectivity index (χ1n) is 5.93. The Hall–Kier alpha value is 1.15.